The molecule has 0 amide bonds. The van der Waals surface area contributed by atoms with E-state index in [-0.39, 0.29) is 48.0 Å². The van der Waals surface area contributed by atoms with Crippen LogP contribution in [0.25, 0.3) is 0 Å². The summed E-state index contributed by atoms with van der Waals surface area (Å²) in [6.07, 6.45) is 3.50. The van der Waals surface area contributed by atoms with Crippen molar-refractivity contribution in [2.24, 2.45) is 5.41 Å². The third-order valence-corrected chi connectivity index (χ3v) is 9.49. The maximum Gasteiger partial charge on any atom is 0.228 e. The summed E-state index contributed by atoms with van der Waals surface area (Å²) < 4.78 is 31.0. The second kappa shape index (κ2) is 5.64. The van der Waals surface area contributed by atoms with E-state index in [0.29, 0.717) is 28.7 Å². The van der Waals surface area contributed by atoms with Gasteiger partial charge in [-0.05, 0) is 31.4 Å². The molecular formula is C23H19NO7S. The smallest absolute Gasteiger partial charge is 0.228 e. The zero-order valence-electron chi connectivity index (χ0n) is 17.5. The van der Waals surface area contributed by atoms with Gasteiger partial charge >= 0.3 is 0 Å². The van der Waals surface area contributed by atoms with Crippen molar-refractivity contribution < 1.29 is 32.0 Å². The molecule has 0 aromatic carbocycles. The fourth-order valence-corrected chi connectivity index (χ4v) is 7.50. The number of nitrogens with one attached hydrogen (secondary N) is 1. The maximum absolute atomic E-state index is 13.6. The van der Waals surface area contributed by atoms with Crippen molar-refractivity contribution in [1.82, 2.24) is 5.32 Å². The number of allylic oxidation sites excluding steroid dienone is 5. The Morgan fingerprint density at radius 2 is 1.81 bits per heavy atom. The fraction of sp³-hybridized carbons (Fsp3) is 0.391. The highest BCUT2D eigenvalue weighted by Gasteiger charge is 2.58. The van der Waals surface area contributed by atoms with Crippen molar-refractivity contribution in [1.29, 1.82) is 0 Å². The molecule has 0 radical (unpaired) electrons. The van der Waals surface area contributed by atoms with Crippen LogP contribution in [0, 0.1) is 5.41 Å². The molecule has 1 N–H and O–H groups in total. The minimum Gasteiger partial charge on any atom is -0.460 e. The summed E-state index contributed by atoms with van der Waals surface area (Å²) in [7, 11) is -3.89. The Bertz CT molecular complexity index is 1430. The van der Waals surface area contributed by atoms with Crippen molar-refractivity contribution in [3.63, 3.8) is 0 Å². The van der Waals surface area contributed by atoms with Gasteiger partial charge in [0.1, 0.15) is 16.9 Å². The first-order valence-corrected chi connectivity index (χ1v) is 12.1. The van der Waals surface area contributed by atoms with Gasteiger partial charge in [0.15, 0.2) is 27.2 Å². The maximum atomic E-state index is 13.6. The summed E-state index contributed by atoms with van der Waals surface area (Å²) in [5, 5.41) is 2.78. The van der Waals surface area contributed by atoms with E-state index in [2.05, 4.69) is 5.32 Å². The number of rotatable bonds is 0. The number of carbonyl (C=O) groups excluding carboxylic acids is 4. The second-order valence-electron chi connectivity index (χ2n) is 9.51. The molecule has 1 aliphatic heterocycles. The van der Waals surface area contributed by atoms with Crippen LogP contribution in [0.5, 0.6) is 0 Å². The zero-order valence-corrected chi connectivity index (χ0v) is 18.3. The first-order valence-electron chi connectivity index (χ1n) is 10.5. The summed E-state index contributed by atoms with van der Waals surface area (Å²) in [5.74, 6) is -1.87. The molecular weight excluding hydrogens is 434 g/mol. The van der Waals surface area contributed by atoms with E-state index in [4.69, 9.17) is 4.42 Å². The van der Waals surface area contributed by atoms with E-state index in [0.717, 1.165) is 0 Å². The van der Waals surface area contributed by atoms with E-state index in [1.165, 1.54) is 12.3 Å². The lowest BCUT2D eigenvalue weighted by Gasteiger charge is -2.47. The highest BCUT2D eigenvalue weighted by molar-refractivity contribution is 7.96. The van der Waals surface area contributed by atoms with Crippen LogP contribution in [0.3, 0.4) is 0 Å². The average molecular weight is 453 g/mol. The first kappa shape index (κ1) is 19.6. The molecule has 0 saturated carbocycles. The Hall–Kier alpha value is -3.07. The molecule has 8 nitrogen and oxygen atoms in total. The Morgan fingerprint density at radius 3 is 2.56 bits per heavy atom. The van der Waals surface area contributed by atoms with Crippen LogP contribution in [0.2, 0.25) is 0 Å². The lowest BCUT2D eigenvalue weighted by Crippen LogP contribution is -2.51. The molecule has 0 spiro atoms. The number of hydrogen-bond acceptors (Lipinski definition) is 8. The standard InChI is InChI=1S/C23H19NO7S/c1-22-4-3-14(25)11-9-31-19(15(11)22)17(26)10-7-12-18(27)16-20(32(29,30)6-5-24-16)21(28)23(12,2)8-13(10)22/h7,9,24H,3-6,8H2,1-2H3. The van der Waals surface area contributed by atoms with Crippen LogP contribution >= 0.6 is 0 Å². The molecule has 6 rings (SSSR count). The van der Waals surface area contributed by atoms with Crippen LogP contribution in [0.4, 0.5) is 0 Å². The zero-order chi connectivity index (χ0) is 22.8. The molecule has 1 aromatic heterocycles. The topological polar surface area (TPSA) is 128 Å². The monoisotopic (exact) mass is 453 g/mol. The molecule has 32 heavy (non-hydrogen) atoms. The van der Waals surface area contributed by atoms with Gasteiger partial charge in [0.05, 0.1) is 16.7 Å². The Kier molecular flexibility index (Phi) is 3.45. The normalized spacial score (nSPS) is 32.6. The van der Waals surface area contributed by atoms with Gasteiger partial charge in [-0.1, -0.05) is 6.92 Å². The van der Waals surface area contributed by atoms with Gasteiger partial charge in [0.25, 0.3) is 0 Å². The van der Waals surface area contributed by atoms with Gasteiger partial charge in [-0.25, -0.2) is 8.42 Å². The van der Waals surface area contributed by atoms with Crippen LogP contribution in [0.15, 0.2) is 44.1 Å². The van der Waals surface area contributed by atoms with E-state index < -0.39 is 42.9 Å². The highest BCUT2D eigenvalue weighted by atomic mass is 32.2. The number of furan rings is 1. The Morgan fingerprint density at radius 1 is 1.06 bits per heavy atom. The van der Waals surface area contributed by atoms with Crippen LogP contribution < -0.4 is 5.32 Å². The van der Waals surface area contributed by atoms with E-state index >= 15 is 0 Å². The van der Waals surface area contributed by atoms with E-state index in [9.17, 15) is 27.6 Å². The lowest BCUT2D eigenvalue weighted by molar-refractivity contribution is -0.126. The highest BCUT2D eigenvalue weighted by Crippen LogP contribution is 2.57. The molecule has 2 heterocycles. The molecule has 164 valence electrons. The number of hydrogen-bond donors (Lipinski definition) is 1. The molecule has 2 unspecified atom stereocenters. The van der Waals surface area contributed by atoms with Crippen molar-refractivity contribution in [2.45, 2.75) is 38.5 Å². The largest absolute Gasteiger partial charge is 0.460 e. The Labute approximate surface area is 183 Å². The number of fused-ring (bicyclic) bond motifs is 2. The van der Waals surface area contributed by atoms with Crippen LogP contribution in [-0.4, -0.2) is 43.8 Å². The average Bonchev–Trinajstić information content (AvgIpc) is 3.20. The van der Waals surface area contributed by atoms with Crippen molar-refractivity contribution in [3.8, 4) is 0 Å². The molecule has 4 aliphatic carbocycles. The van der Waals surface area contributed by atoms with Crippen LogP contribution in [-0.2, 0) is 24.8 Å². The van der Waals surface area contributed by atoms with Crippen molar-refractivity contribution in [3.05, 3.63) is 56.5 Å². The predicted molar refractivity (Wildman–Crippen MR) is 111 cm³/mol. The molecule has 0 saturated heterocycles. The lowest BCUT2D eigenvalue weighted by atomic mass is 9.55. The third kappa shape index (κ3) is 2.05. The minimum absolute atomic E-state index is 0.0333. The quantitative estimate of drug-likeness (QED) is 0.629. The molecule has 0 fully saturated rings. The molecule has 9 heteroatoms. The van der Waals surface area contributed by atoms with E-state index in [1.54, 1.807) is 6.92 Å². The number of ketones is 4. The van der Waals surface area contributed by atoms with Gasteiger partial charge in [-0.2, -0.15) is 0 Å². The third-order valence-electron chi connectivity index (χ3n) is 7.74. The SMILES string of the molecule is CC12CC3=C(C=C1C(=O)C1=C(C2=O)S(=O)(=O)CCN1)C(=O)c1occ2c1C3(C)CCC2=O. The molecule has 5 aliphatic rings. The van der Waals surface area contributed by atoms with Gasteiger partial charge in [0.2, 0.25) is 11.6 Å². The Balaban J connectivity index is 1.60. The minimum atomic E-state index is -3.89. The number of sulfone groups is 1. The van der Waals surface area contributed by atoms with Gasteiger partial charge in [0, 0.05) is 35.1 Å². The van der Waals surface area contributed by atoms with Crippen LogP contribution in [0.1, 0.15) is 59.6 Å². The summed E-state index contributed by atoms with van der Waals surface area (Å²) in [4.78, 5) is 52.3. The summed E-state index contributed by atoms with van der Waals surface area (Å²) in [5.41, 5.74) is -0.344. The predicted octanol–water partition coefficient (Wildman–Crippen LogP) is 1.72. The first-order chi connectivity index (χ1) is 15.0. The molecule has 1 aromatic rings. The van der Waals surface area contributed by atoms with Crippen molar-refractivity contribution in [2.75, 3.05) is 12.3 Å². The molecule has 2 atom stereocenters. The summed E-state index contributed by atoms with van der Waals surface area (Å²) >= 11 is 0. The van der Waals surface area contributed by atoms with Gasteiger partial charge in [-0.15, -0.1) is 0 Å². The van der Waals surface area contributed by atoms with Crippen molar-refractivity contribution >= 4 is 33.0 Å². The van der Waals surface area contributed by atoms with Gasteiger partial charge < -0.3 is 9.73 Å². The fourth-order valence-electron chi connectivity index (χ4n) is 5.95. The van der Waals surface area contributed by atoms with E-state index in [1.807, 2.05) is 6.92 Å². The summed E-state index contributed by atoms with van der Waals surface area (Å²) in [6, 6.07) is 0. The number of Topliss-reactive ketones (excluding diaryl/α,β-unsaturated/α-hetero) is 4. The van der Waals surface area contributed by atoms with Gasteiger partial charge in [-0.3, -0.25) is 19.2 Å². The number of carbonyl (C=O) groups is 4. The second-order valence-corrected chi connectivity index (χ2v) is 11.6. The summed E-state index contributed by atoms with van der Waals surface area (Å²) in [6.45, 7) is 3.53. The molecule has 0 bridgehead atoms.